The number of carbonyl (C=O) groups is 2. The molecule has 0 bridgehead atoms. The largest absolute Gasteiger partial charge is 0.452 e. The Labute approximate surface area is 184 Å². The van der Waals surface area contributed by atoms with E-state index in [1.807, 2.05) is 0 Å². The van der Waals surface area contributed by atoms with E-state index < -0.39 is 39.7 Å². The molecule has 2 heterocycles. The Balaban J connectivity index is 1.60. The first-order valence-electron chi connectivity index (χ1n) is 9.55. The van der Waals surface area contributed by atoms with Crippen molar-refractivity contribution < 1.29 is 27.1 Å². The lowest BCUT2D eigenvalue weighted by molar-refractivity contribution is -0.158. The first-order chi connectivity index (χ1) is 14.7. The van der Waals surface area contributed by atoms with Crippen LogP contribution in [0, 0.1) is 11.7 Å². The molecule has 0 spiro atoms. The molecule has 1 aromatic carbocycles. The molecular weight excluding hydrogens is 449 g/mol. The summed E-state index contributed by atoms with van der Waals surface area (Å²) in [4.78, 5) is 28.7. The zero-order valence-electron chi connectivity index (χ0n) is 16.6. The summed E-state index contributed by atoms with van der Waals surface area (Å²) in [5, 5.41) is 2.93. The van der Waals surface area contributed by atoms with Gasteiger partial charge in [-0.1, -0.05) is 11.6 Å². The highest BCUT2D eigenvalue weighted by Crippen LogP contribution is 2.25. The van der Waals surface area contributed by atoms with Crippen LogP contribution >= 0.6 is 11.6 Å². The van der Waals surface area contributed by atoms with Crippen LogP contribution in [0.25, 0.3) is 0 Å². The normalized spacial score (nSPS) is 18.2. The molecule has 0 radical (unpaired) electrons. The van der Waals surface area contributed by atoms with Crippen LogP contribution in [0.4, 0.5) is 10.2 Å². The Morgan fingerprint density at radius 1 is 1.26 bits per heavy atom. The van der Waals surface area contributed by atoms with Gasteiger partial charge in [-0.05, 0) is 56.2 Å². The highest BCUT2D eigenvalue weighted by Gasteiger charge is 2.35. The third kappa shape index (κ3) is 5.78. The number of pyridine rings is 1. The summed E-state index contributed by atoms with van der Waals surface area (Å²) in [5.41, 5.74) is 0. The molecule has 0 unspecified atom stereocenters. The molecule has 11 heteroatoms. The number of nitrogens with zero attached hydrogens (tertiary/aromatic N) is 2. The predicted molar refractivity (Wildman–Crippen MR) is 111 cm³/mol. The number of anilines is 1. The van der Waals surface area contributed by atoms with Gasteiger partial charge in [0.1, 0.15) is 11.6 Å². The van der Waals surface area contributed by atoms with Crippen molar-refractivity contribution in [1.29, 1.82) is 0 Å². The van der Waals surface area contributed by atoms with Crippen LogP contribution < -0.4 is 5.32 Å². The summed E-state index contributed by atoms with van der Waals surface area (Å²) >= 11 is 5.75. The molecule has 1 N–H and O–H groups in total. The van der Waals surface area contributed by atoms with Crippen molar-refractivity contribution in [3.8, 4) is 0 Å². The van der Waals surface area contributed by atoms with E-state index in [2.05, 4.69) is 10.3 Å². The van der Waals surface area contributed by atoms with Crippen molar-refractivity contribution in [2.24, 2.45) is 5.92 Å². The van der Waals surface area contributed by atoms with Gasteiger partial charge in [0.25, 0.3) is 5.91 Å². The fourth-order valence-electron chi connectivity index (χ4n) is 3.11. The Morgan fingerprint density at radius 2 is 1.97 bits per heavy atom. The molecular formula is C20H21ClFN3O5S. The van der Waals surface area contributed by atoms with Crippen LogP contribution in [0.15, 0.2) is 47.5 Å². The molecule has 2 atom stereocenters. The number of rotatable bonds is 6. The minimum absolute atomic E-state index is 0.0499. The molecule has 1 saturated heterocycles. The number of esters is 1. The third-order valence-corrected chi connectivity index (χ3v) is 6.91. The molecule has 2 aromatic rings. The fourth-order valence-corrected chi connectivity index (χ4v) is 4.75. The van der Waals surface area contributed by atoms with E-state index in [4.69, 9.17) is 16.3 Å². The smallest absolute Gasteiger partial charge is 0.311 e. The monoisotopic (exact) mass is 469 g/mol. The maximum atomic E-state index is 13.1. The summed E-state index contributed by atoms with van der Waals surface area (Å²) in [6.07, 6.45) is 1.15. The van der Waals surface area contributed by atoms with Gasteiger partial charge in [0, 0.05) is 19.3 Å². The number of halogens is 2. The van der Waals surface area contributed by atoms with E-state index in [1.165, 1.54) is 35.6 Å². The van der Waals surface area contributed by atoms with Crippen molar-refractivity contribution in [3.05, 3.63) is 53.4 Å². The molecule has 166 valence electrons. The topological polar surface area (TPSA) is 106 Å². The summed E-state index contributed by atoms with van der Waals surface area (Å²) in [6.45, 7) is 1.58. The Morgan fingerprint density at radius 3 is 2.61 bits per heavy atom. The lowest BCUT2D eigenvalue weighted by Crippen LogP contribution is -2.44. The highest BCUT2D eigenvalue weighted by molar-refractivity contribution is 7.89. The van der Waals surface area contributed by atoms with Gasteiger partial charge in [-0.15, -0.1) is 0 Å². The number of nitrogens with one attached hydrogen (secondary N) is 1. The zero-order chi connectivity index (χ0) is 22.6. The summed E-state index contributed by atoms with van der Waals surface area (Å²) in [6, 6.07) is 7.57. The standard InChI is InChI=1S/C20H21ClFN3O5S/c1-13(19(26)24-18-9-4-15(21)11-23-18)30-20(27)14-3-2-10-25(12-14)31(28,29)17-7-5-16(22)6-8-17/h4-9,11,13-14H,2-3,10,12H2,1H3,(H,23,24,26)/t13-,14+/m0/s1. The minimum atomic E-state index is -3.87. The molecule has 0 aliphatic carbocycles. The van der Waals surface area contributed by atoms with Crippen molar-refractivity contribution in [2.75, 3.05) is 18.4 Å². The molecule has 1 fully saturated rings. The van der Waals surface area contributed by atoms with Gasteiger partial charge >= 0.3 is 5.97 Å². The van der Waals surface area contributed by atoms with Gasteiger partial charge in [-0.25, -0.2) is 17.8 Å². The molecule has 1 aliphatic heterocycles. The van der Waals surface area contributed by atoms with Gasteiger partial charge in [-0.2, -0.15) is 4.31 Å². The number of ether oxygens (including phenoxy) is 1. The molecule has 3 rings (SSSR count). The summed E-state index contributed by atoms with van der Waals surface area (Å²) in [5.74, 6) is -2.24. The van der Waals surface area contributed by atoms with Crippen LogP contribution in [-0.2, 0) is 24.3 Å². The van der Waals surface area contributed by atoms with E-state index >= 15 is 0 Å². The van der Waals surface area contributed by atoms with Crippen LogP contribution in [-0.4, -0.2) is 48.8 Å². The van der Waals surface area contributed by atoms with E-state index in [0.717, 1.165) is 12.1 Å². The van der Waals surface area contributed by atoms with Crippen LogP contribution in [0.5, 0.6) is 0 Å². The Bertz CT molecular complexity index is 1050. The van der Waals surface area contributed by atoms with Gasteiger partial charge in [0.15, 0.2) is 6.10 Å². The van der Waals surface area contributed by atoms with E-state index in [-0.39, 0.29) is 23.8 Å². The van der Waals surface area contributed by atoms with Crippen LogP contribution in [0.1, 0.15) is 19.8 Å². The van der Waals surface area contributed by atoms with Crippen molar-refractivity contribution in [1.82, 2.24) is 9.29 Å². The first kappa shape index (κ1) is 23.1. The predicted octanol–water partition coefficient (Wildman–Crippen LogP) is 2.85. The second-order valence-corrected chi connectivity index (χ2v) is 9.46. The maximum absolute atomic E-state index is 13.1. The number of carbonyl (C=O) groups excluding carboxylic acids is 2. The van der Waals surface area contributed by atoms with Crippen molar-refractivity contribution >= 4 is 39.3 Å². The molecule has 1 amide bonds. The van der Waals surface area contributed by atoms with Gasteiger partial charge in [-0.3, -0.25) is 9.59 Å². The SMILES string of the molecule is C[C@H](OC(=O)[C@@H]1CCCN(S(=O)(=O)c2ccc(F)cc2)C1)C(=O)Nc1ccc(Cl)cn1. The molecule has 31 heavy (non-hydrogen) atoms. The maximum Gasteiger partial charge on any atom is 0.311 e. The zero-order valence-corrected chi connectivity index (χ0v) is 18.2. The van der Waals surface area contributed by atoms with Gasteiger partial charge in [0.05, 0.1) is 15.8 Å². The van der Waals surface area contributed by atoms with E-state index in [9.17, 15) is 22.4 Å². The summed E-state index contributed by atoms with van der Waals surface area (Å²) in [7, 11) is -3.87. The van der Waals surface area contributed by atoms with E-state index in [0.29, 0.717) is 17.9 Å². The number of hydrogen-bond donors (Lipinski definition) is 1. The lowest BCUT2D eigenvalue weighted by Gasteiger charge is -2.31. The van der Waals surface area contributed by atoms with Crippen LogP contribution in [0.3, 0.4) is 0 Å². The number of hydrogen-bond acceptors (Lipinski definition) is 6. The second-order valence-electron chi connectivity index (χ2n) is 7.09. The van der Waals surface area contributed by atoms with Gasteiger partial charge in [0.2, 0.25) is 10.0 Å². The average molecular weight is 470 g/mol. The molecule has 8 nitrogen and oxygen atoms in total. The summed E-state index contributed by atoms with van der Waals surface area (Å²) < 4.78 is 45.1. The van der Waals surface area contributed by atoms with Crippen molar-refractivity contribution in [3.63, 3.8) is 0 Å². The lowest BCUT2D eigenvalue weighted by atomic mass is 10.00. The Kier molecular flexibility index (Phi) is 7.24. The van der Waals surface area contributed by atoms with Crippen LogP contribution in [0.2, 0.25) is 5.02 Å². The van der Waals surface area contributed by atoms with Gasteiger partial charge < -0.3 is 10.1 Å². The number of piperidine rings is 1. The first-order valence-corrected chi connectivity index (χ1v) is 11.4. The molecule has 1 aliphatic rings. The second kappa shape index (κ2) is 9.71. The molecule has 0 saturated carbocycles. The minimum Gasteiger partial charge on any atom is -0.452 e. The van der Waals surface area contributed by atoms with E-state index in [1.54, 1.807) is 6.07 Å². The fraction of sp³-hybridized carbons (Fsp3) is 0.350. The quantitative estimate of drug-likeness (QED) is 0.652. The number of sulfonamides is 1. The third-order valence-electron chi connectivity index (χ3n) is 4.81. The van der Waals surface area contributed by atoms with Crippen molar-refractivity contribution in [2.45, 2.75) is 30.8 Å². The average Bonchev–Trinajstić information content (AvgIpc) is 2.75. The number of benzene rings is 1. The molecule has 1 aromatic heterocycles. The Hall–Kier alpha value is -2.56. The number of aromatic nitrogens is 1. The highest BCUT2D eigenvalue weighted by atomic mass is 35.5. The number of amides is 1.